The van der Waals surface area contributed by atoms with Gasteiger partial charge in [0.15, 0.2) is 0 Å². The molecule has 0 saturated heterocycles. The molecule has 4 nitrogen and oxygen atoms in total. The topological polar surface area (TPSA) is 54.9 Å². The molecular weight excluding hydrogens is 263 g/mol. The number of hydrogen-bond donors (Lipinski definition) is 1. The van der Waals surface area contributed by atoms with Crippen LogP contribution in [0, 0.1) is 0 Å². The molecule has 0 saturated carbocycles. The van der Waals surface area contributed by atoms with Crippen molar-refractivity contribution in [2.75, 3.05) is 0 Å². The van der Waals surface area contributed by atoms with Crippen LogP contribution in [0.3, 0.4) is 0 Å². The van der Waals surface area contributed by atoms with Crippen LogP contribution >= 0.6 is 23.2 Å². The van der Waals surface area contributed by atoms with Gasteiger partial charge in [-0.05, 0) is 18.2 Å². The predicted molar refractivity (Wildman–Crippen MR) is 67.8 cm³/mol. The lowest BCUT2D eigenvalue weighted by atomic mass is 10.1. The lowest BCUT2D eigenvalue weighted by Gasteiger charge is -2.05. The summed E-state index contributed by atoms with van der Waals surface area (Å²) in [5, 5.41) is 0.867. The van der Waals surface area contributed by atoms with Gasteiger partial charge in [0, 0.05) is 23.7 Å². The fourth-order valence-corrected chi connectivity index (χ4v) is 1.92. The molecule has 0 aliphatic rings. The number of benzene rings is 1. The van der Waals surface area contributed by atoms with Crippen molar-refractivity contribution >= 4 is 23.2 Å². The first-order valence-electron chi connectivity index (χ1n) is 4.75. The first-order valence-corrected chi connectivity index (χ1v) is 5.50. The van der Waals surface area contributed by atoms with Crippen molar-refractivity contribution in [3.63, 3.8) is 0 Å². The molecule has 0 radical (unpaired) electrons. The number of H-pyrrole nitrogens is 1. The van der Waals surface area contributed by atoms with E-state index in [1.54, 1.807) is 18.2 Å². The number of halogens is 2. The molecule has 0 amide bonds. The van der Waals surface area contributed by atoms with Crippen LogP contribution in [0.5, 0.6) is 0 Å². The summed E-state index contributed by atoms with van der Waals surface area (Å²) in [6.45, 7) is 0. The van der Waals surface area contributed by atoms with E-state index in [-0.39, 0.29) is 0 Å². The van der Waals surface area contributed by atoms with Gasteiger partial charge >= 0.3 is 5.69 Å². The summed E-state index contributed by atoms with van der Waals surface area (Å²) in [5.41, 5.74) is 0.0546. The highest BCUT2D eigenvalue weighted by Crippen LogP contribution is 2.27. The number of rotatable bonds is 1. The van der Waals surface area contributed by atoms with Crippen LogP contribution in [-0.2, 0) is 7.05 Å². The summed E-state index contributed by atoms with van der Waals surface area (Å²) in [7, 11) is 1.40. The van der Waals surface area contributed by atoms with Crippen LogP contribution in [0.2, 0.25) is 10.0 Å². The molecule has 0 unspecified atom stereocenters. The van der Waals surface area contributed by atoms with Crippen molar-refractivity contribution in [1.82, 2.24) is 9.55 Å². The summed E-state index contributed by atoms with van der Waals surface area (Å²) in [4.78, 5) is 25.5. The van der Waals surface area contributed by atoms with E-state index in [1.165, 1.54) is 13.1 Å². The second-order valence-corrected chi connectivity index (χ2v) is 4.35. The molecule has 2 rings (SSSR count). The van der Waals surface area contributed by atoms with Crippen LogP contribution in [0.25, 0.3) is 11.3 Å². The maximum atomic E-state index is 11.5. The number of nitrogens with one attached hydrogen (secondary N) is 1. The van der Waals surface area contributed by atoms with E-state index < -0.39 is 11.2 Å². The van der Waals surface area contributed by atoms with E-state index in [2.05, 4.69) is 4.98 Å². The molecule has 0 atom stereocenters. The van der Waals surface area contributed by atoms with Crippen molar-refractivity contribution in [3.05, 3.63) is 55.1 Å². The molecule has 1 heterocycles. The van der Waals surface area contributed by atoms with E-state index >= 15 is 0 Å². The fraction of sp³-hybridized carbons (Fsp3) is 0.0909. The SMILES string of the molecule is Cn1c(=O)cc(-c2ccc(Cl)cc2Cl)[nH]c1=O. The van der Waals surface area contributed by atoms with Crippen molar-refractivity contribution in [3.8, 4) is 11.3 Å². The van der Waals surface area contributed by atoms with E-state index in [1.807, 2.05) is 0 Å². The first kappa shape index (κ1) is 12.0. The maximum absolute atomic E-state index is 11.5. The molecule has 0 bridgehead atoms. The highest BCUT2D eigenvalue weighted by atomic mass is 35.5. The fourth-order valence-electron chi connectivity index (χ4n) is 1.41. The first-order chi connectivity index (χ1) is 7.99. The molecule has 1 aromatic heterocycles. The summed E-state index contributed by atoms with van der Waals surface area (Å²) >= 11 is 11.8. The number of aromatic amines is 1. The quantitative estimate of drug-likeness (QED) is 0.863. The minimum atomic E-state index is -0.487. The standard InChI is InChI=1S/C11H8Cl2N2O2/c1-15-10(16)5-9(14-11(15)17)7-3-2-6(12)4-8(7)13/h2-5H,1H3,(H,14,17). The summed E-state index contributed by atoms with van der Waals surface area (Å²) in [6.07, 6.45) is 0. The third-order valence-electron chi connectivity index (χ3n) is 2.37. The van der Waals surface area contributed by atoms with Crippen molar-refractivity contribution in [1.29, 1.82) is 0 Å². The Labute approximate surface area is 106 Å². The molecule has 0 aliphatic heterocycles. The Morgan fingerprint density at radius 3 is 2.47 bits per heavy atom. The Morgan fingerprint density at radius 2 is 1.88 bits per heavy atom. The molecule has 1 N–H and O–H groups in total. The van der Waals surface area contributed by atoms with Gasteiger partial charge in [-0.3, -0.25) is 9.36 Å². The lowest BCUT2D eigenvalue weighted by Crippen LogP contribution is -2.32. The molecular formula is C11H8Cl2N2O2. The van der Waals surface area contributed by atoms with Gasteiger partial charge in [0.05, 0.1) is 10.7 Å². The van der Waals surface area contributed by atoms with Gasteiger partial charge in [-0.1, -0.05) is 23.2 Å². The zero-order chi connectivity index (χ0) is 12.6. The Morgan fingerprint density at radius 1 is 1.18 bits per heavy atom. The smallest absolute Gasteiger partial charge is 0.307 e. The number of aromatic nitrogens is 2. The molecule has 88 valence electrons. The highest BCUT2D eigenvalue weighted by Gasteiger charge is 2.07. The van der Waals surface area contributed by atoms with Crippen LogP contribution < -0.4 is 11.2 Å². The number of hydrogen-bond acceptors (Lipinski definition) is 2. The second kappa shape index (κ2) is 4.39. The lowest BCUT2D eigenvalue weighted by molar-refractivity contribution is 0.778. The highest BCUT2D eigenvalue weighted by molar-refractivity contribution is 6.36. The summed E-state index contributed by atoms with van der Waals surface area (Å²) < 4.78 is 0.979. The monoisotopic (exact) mass is 270 g/mol. The molecule has 2 aromatic rings. The van der Waals surface area contributed by atoms with Crippen LogP contribution in [0.15, 0.2) is 33.9 Å². The minimum Gasteiger partial charge on any atom is -0.307 e. The minimum absolute atomic E-state index is 0.375. The van der Waals surface area contributed by atoms with Gasteiger partial charge in [-0.2, -0.15) is 0 Å². The van der Waals surface area contributed by atoms with Gasteiger partial charge in [0.2, 0.25) is 0 Å². The molecule has 0 fully saturated rings. The van der Waals surface area contributed by atoms with Crippen molar-refractivity contribution in [2.24, 2.45) is 7.05 Å². The van der Waals surface area contributed by atoms with Crippen LogP contribution in [0.4, 0.5) is 0 Å². The van der Waals surface area contributed by atoms with Crippen LogP contribution in [-0.4, -0.2) is 9.55 Å². The second-order valence-electron chi connectivity index (χ2n) is 3.51. The van der Waals surface area contributed by atoms with E-state index in [0.717, 1.165) is 4.57 Å². The third kappa shape index (κ3) is 2.28. The van der Waals surface area contributed by atoms with Gasteiger partial charge in [-0.25, -0.2) is 4.79 Å². The van der Waals surface area contributed by atoms with Crippen LogP contribution in [0.1, 0.15) is 0 Å². The zero-order valence-electron chi connectivity index (χ0n) is 8.83. The average Bonchev–Trinajstić information content (AvgIpc) is 2.25. The van der Waals surface area contributed by atoms with Gasteiger partial charge in [-0.15, -0.1) is 0 Å². The number of nitrogens with zero attached hydrogens (tertiary/aromatic N) is 1. The average molecular weight is 271 g/mol. The Hall–Kier alpha value is -1.52. The normalized spacial score (nSPS) is 10.5. The van der Waals surface area contributed by atoms with Gasteiger partial charge in [0.25, 0.3) is 5.56 Å². The zero-order valence-corrected chi connectivity index (χ0v) is 10.3. The largest absolute Gasteiger partial charge is 0.328 e. The molecule has 6 heteroatoms. The Balaban J connectivity index is 2.69. The van der Waals surface area contributed by atoms with Crippen molar-refractivity contribution in [2.45, 2.75) is 0 Å². The predicted octanol–water partition coefficient (Wildman–Crippen LogP) is 2.05. The maximum Gasteiger partial charge on any atom is 0.328 e. The molecule has 0 aliphatic carbocycles. The third-order valence-corrected chi connectivity index (χ3v) is 2.91. The van der Waals surface area contributed by atoms with Crippen molar-refractivity contribution < 1.29 is 0 Å². The Kier molecular flexibility index (Phi) is 3.09. The van der Waals surface area contributed by atoms with E-state index in [9.17, 15) is 9.59 Å². The van der Waals surface area contributed by atoms with E-state index in [0.29, 0.717) is 21.3 Å². The molecule has 1 aromatic carbocycles. The molecule has 0 spiro atoms. The van der Waals surface area contributed by atoms with Gasteiger partial charge in [0.1, 0.15) is 0 Å². The van der Waals surface area contributed by atoms with E-state index in [4.69, 9.17) is 23.2 Å². The molecule has 17 heavy (non-hydrogen) atoms. The summed E-state index contributed by atoms with van der Waals surface area (Å²) in [5.74, 6) is 0. The Bertz CT molecular complexity index is 657. The van der Waals surface area contributed by atoms with Gasteiger partial charge < -0.3 is 4.98 Å². The summed E-state index contributed by atoms with van der Waals surface area (Å²) in [6, 6.07) is 6.15.